The van der Waals surface area contributed by atoms with E-state index in [4.69, 9.17) is 0 Å². The van der Waals surface area contributed by atoms with Crippen molar-refractivity contribution in [3.63, 3.8) is 0 Å². The third-order valence-corrected chi connectivity index (χ3v) is 5.12. The van der Waals surface area contributed by atoms with Gasteiger partial charge in [-0.15, -0.1) is 0 Å². The van der Waals surface area contributed by atoms with Crippen molar-refractivity contribution < 1.29 is 8.78 Å². The van der Waals surface area contributed by atoms with E-state index in [9.17, 15) is 8.78 Å². The zero-order valence-electron chi connectivity index (χ0n) is 17.1. The average molecular weight is 386 g/mol. The molecule has 6 heteroatoms. The van der Waals surface area contributed by atoms with Crippen molar-refractivity contribution in [2.75, 3.05) is 0 Å². The smallest absolute Gasteiger partial charge is 0.133 e. The molecule has 1 aromatic heterocycles. The van der Waals surface area contributed by atoms with Crippen molar-refractivity contribution in [2.24, 2.45) is 0 Å². The topological polar surface area (TPSA) is 49.8 Å². The van der Waals surface area contributed by atoms with E-state index in [1.807, 2.05) is 33.9 Å². The molecule has 0 bridgehead atoms. The van der Waals surface area contributed by atoms with Crippen molar-refractivity contribution in [2.45, 2.75) is 65.0 Å². The number of nitrogens with zero attached hydrogens (tertiary/aromatic N) is 2. The van der Waals surface area contributed by atoms with Crippen LogP contribution in [0.25, 0.3) is 11.3 Å². The maximum absolute atomic E-state index is 14.9. The highest BCUT2D eigenvalue weighted by molar-refractivity contribution is 5.61. The molecule has 2 aromatic rings. The van der Waals surface area contributed by atoms with Crippen molar-refractivity contribution in [3.05, 3.63) is 59.3 Å². The Kier molecular flexibility index (Phi) is 5.68. The van der Waals surface area contributed by atoms with Gasteiger partial charge in [-0.1, -0.05) is 27.7 Å². The summed E-state index contributed by atoms with van der Waals surface area (Å²) in [5.74, 6) is -0.945. The molecule has 28 heavy (non-hydrogen) atoms. The summed E-state index contributed by atoms with van der Waals surface area (Å²) < 4.78 is 29.7. The van der Waals surface area contributed by atoms with Gasteiger partial charge in [-0.05, 0) is 31.5 Å². The zero-order valence-corrected chi connectivity index (χ0v) is 17.1. The fourth-order valence-electron chi connectivity index (χ4n) is 3.33. The number of hydrogen-bond donors (Lipinski definition) is 2. The van der Waals surface area contributed by atoms with Crippen LogP contribution in [0.15, 0.2) is 36.4 Å². The molecular weight excluding hydrogens is 358 g/mol. The molecule has 0 aliphatic carbocycles. The quantitative estimate of drug-likeness (QED) is 0.761. The predicted molar refractivity (Wildman–Crippen MR) is 108 cm³/mol. The lowest BCUT2D eigenvalue weighted by Gasteiger charge is -2.19. The molecule has 0 radical (unpaired) electrons. The van der Waals surface area contributed by atoms with Gasteiger partial charge < -0.3 is 10.6 Å². The van der Waals surface area contributed by atoms with Gasteiger partial charge in [0.2, 0.25) is 0 Å². The number of nitrogens with one attached hydrogen (secondary N) is 2. The summed E-state index contributed by atoms with van der Waals surface area (Å²) >= 11 is 0. The Balaban J connectivity index is 1.85. The van der Waals surface area contributed by atoms with Gasteiger partial charge >= 0.3 is 0 Å². The lowest BCUT2D eigenvalue weighted by Crippen LogP contribution is -2.20. The molecule has 2 heterocycles. The Morgan fingerprint density at radius 1 is 1.18 bits per heavy atom. The van der Waals surface area contributed by atoms with Crippen LogP contribution >= 0.6 is 0 Å². The van der Waals surface area contributed by atoms with E-state index in [-0.39, 0.29) is 17.0 Å². The minimum atomic E-state index is -0.492. The van der Waals surface area contributed by atoms with Gasteiger partial charge in [-0.2, -0.15) is 0 Å². The molecule has 0 amide bonds. The molecule has 1 aliphatic rings. The van der Waals surface area contributed by atoms with E-state index in [2.05, 4.69) is 27.5 Å². The summed E-state index contributed by atoms with van der Waals surface area (Å²) in [6, 6.07) is 4.27. The van der Waals surface area contributed by atoms with Gasteiger partial charge in [0.05, 0.1) is 11.7 Å². The highest BCUT2D eigenvalue weighted by Gasteiger charge is 2.22. The Hall–Kier alpha value is -2.50. The molecule has 0 fully saturated rings. The van der Waals surface area contributed by atoms with E-state index in [1.165, 1.54) is 18.5 Å². The van der Waals surface area contributed by atoms with E-state index in [1.54, 1.807) is 6.07 Å². The first-order chi connectivity index (χ1) is 13.2. The maximum atomic E-state index is 14.9. The summed E-state index contributed by atoms with van der Waals surface area (Å²) in [5.41, 5.74) is 2.42. The third kappa shape index (κ3) is 4.32. The van der Waals surface area contributed by atoms with Crippen molar-refractivity contribution in [1.29, 1.82) is 0 Å². The molecule has 4 nitrogen and oxygen atoms in total. The summed E-state index contributed by atoms with van der Waals surface area (Å²) in [5, 5.41) is 6.56. The fourth-order valence-corrected chi connectivity index (χ4v) is 3.33. The molecule has 1 aromatic carbocycles. The van der Waals surface area contributed by atoms with Crippen LogP contribution in [0.5, 0.6) is 0 Å². The van der Waals surface area contributed by atoms with E-state index in [0.29, 0.717) is 17.3 Å². The molecule has 1 aliphatic heterocycles. The number of halogens is 2. The Morgan fingerprint density at radius 2 is 1.93 bits per heavy atom. The summed E-state index contributed by atoms with van der Waals surface area (Å²) in [7, 11) is 0. The summed E-state index contributed by atoms with van der Waals surface area (Å²) in [6.07, 6.45) is 5.19. The second-order valence-corrected chi connectivity index (χ2v) is 8.40. The largest absolute Gasteiger partial charge is 0.386 e. The molecule has 2 unspecified atom stereocenters. The normalized spacial score (nSPS) is 17.8. The molecule has 150 valence electrons. The molecule has 2 atom stereocenters. The molecular formula is C22H28F2N4. The molecule has 0 saturated heterocycles. The first-order valence-corrected chi connectivity index (χ1v) is 9.72. The number of aromatic nitrogens is 2. The second kappa shape index (κ2) is 7.86. The van der Waals surface area contributed by atoms with Crippen LogP contribution in [0, 0.1) is 11.6 Å². The molecule has 0 spiro atoms. The van der Waals surface area contributed by atoms with Crippen LogP contribution in [0.4, 0.5) is 8.78 Å². The zero-order chi connectivity index (χ0) is 20.5. The standard InChI is InChI=1S/C22H28F2N4/c1-6-14-7-15(11-25-14)28-13(2)16-8-19(24)17(9-18(16)23)20-10-21(22(3,4)5)27-12-26-20/h8-14,25,28H,6-7H2,1-5H3. The number of hydrogen-bond acceptors (Lipinski definition) is 4. The molecule has 2 N–H and O–H groups in total. The van der Waals surface area contributed by atoms with Crippen LogP contribution in [-0.2, 0) is 5.41 Å². The van der Waals surface area contributed by atoms with Gasteiger partial charge in [0, 0.05) is 46.6 Å². The van der Waals surface area contributed by atoms with Crippen LogP contribution in [0.2, 0.25) is 0 Å². The van der Waals surface area contributed by atoms with Crippen LogP contribution in [0.3, 0.4) is 0 Å². The Labute approximate surface area is 165 Å². The number of benzene rings is 1. The maximum Gasteiger partial charge on any atom is 0.133 e. The predicted octanol–water partition coefficient (Wildman–Crippen LogP) is 4.98. The lowest BCUT2D eigenvalue weighted by molar-refractivity contribution is 0.535. The van der Waals surface area contributed by atoms with Crippen LogP contribution < -0.4 is 10.6 Å². The Morgan fingerprint density at radius 3 is 2.57 bits per heavy atom. The summed E-state index contributed by atoms with van der Waals surface area (Å²) in [6.45, 7) is 10.00. The first-order valence-electron chi connectivity index (χ1n) is 9.72. The van der Waals surface area contributed by atoms with Crippen molar-refractivity contribution >= 4 is 0 Å². The Bertz CT molecular complexity index is 887. The van der Waals surface area contributed by atoms with Gasteiger partial charge in [0.15, 0.2) is 0 Å². The summed E-state index contributed by atoms with van der Waals surface area (Å²) in [4.78, 5) is 8.40. The second-order valence-electron chi connectivity index (χ2n) is 8.40. The minimum Gasteiger partial charge on any atom is -0.386 e. The van der Waals surface area contributed by atoms with Crippen molar-refractivity contribution in [3.8, 4) is 11.3 Å². The SMILES string of the molecule is CCC1CC(NC(C)c2cc(F)c(-c3cc(C(C)(C)C)ncn3)cc2F)=CN1. The van der Waals surface area contributed by atoms with Gasteiger partial charge in [-0.25, -0.2) is 18.7 Å². The number of rotatable bonds is 5. The van der Waals surface area contributed by atoms with Crippen LogP contribution in [-0.4, -0.2) is 16.0 Å². The monoisotopic (exact) mass is 386 g/mol. The fraction of sp³-hybridized carbons (Fsp3) is 0.455. The first kappa shape index (κ1) is 20.2. The average Bonchev–Trinajstić information content (AvgIpc) is 3.10. The molecule has 3 rings (SSSR count). The lowest BCUT2D eigenvalue weighted by atomic mass is 9.91. The molecule has 0 saturated carbocycles. The van der Waals surface area contributed by atoms with Crippen molar-refractivity contribution in [1.82, 2.24) is 20.6 Å². The van der Waals surface area contributed by atoms with Gasteiger partial charge in [-0.3, -0.25) is 0 Å². The van der Waals surface area contributed by atoms with Crippen LogP contribution in [0.1, 0.15) is 64.8 Å². The van der Waals surface area contributed by atoms with Gasteiger partial charge in [0.1, 0.15) is 18.0 Å². The van der Waals surface area contributed by atoms with Gasteiger partial charge in [0.25, 0.3) is 0 Å². The highest BCUT2D eigenvalue weighted by atomic mass is 19.1. The van der Waals surface area contributed by atoms with E-state index < -0.39 is 11.6 Å². The third-order valence-electron chi connectivity index (χ3n) is 5.12. The highest BCUT2D eigenvalue weighted by Crippen LogP contribution is 2.30. The minimum absolute atomic E-state index is 0.147. The van der Waals surface area contributed by atoms with E-state index >= 15 is 0 Å². The van der Waals surface area contributed by atoms with E-state index in [0.717, 1.165) is 24.2 Å².